The third-order valence-electron chi connectivity index (χ3n) is 6.52. The van der Waals surface area contributed by atoms with Crippen molar-refractivity contribution in [3.8, 4) is 17.2 Å². The van der Waals surface area contributed by atoms with E-state index in [9.17, 15) is 19.2 Å². The number of carbonyl (C=O) groups is 4. The molecule has 0 saturated carbocycles. The topological polar surface area (TPSA) is 142 Å². The number of hydrogen-bond acceptors (Lipinski definition) is 10. The maximum Gasteiger partial charge on any atom is 0.343 e. The number of nitrogens with one attached hydrogen (secondary N) is 2. The summed E-state index contributed by atoms with van der Waals surface area (Å²) in [6.07, 6.45) is 3.73. The standard InChI is InChI=1S/C30H31N3O8S/c1-5-40-30(37)25-21-12-6-17(2)14-24(21)42-28(25)32-26(34)27(35)33-31-16-18-7-13-22(23(15-18)39-4)41-29(36)19-8-10-20(38-3)11-9-19/h7-11,13,15-17H,5-6,12,14H2,1-4H3,(H,32,34)(H,33,35). The van der Waals surface area contributed by atoms with Gasteiger partial charge in [-0.05, 0) is 85.7 Å². The molecule has 4 rings (SSSR count). The molecule has 2 N–H and O–H groups in total. The lowest BCUT2D eigenvalue weighted by molar-refractivity contribution is -0.136. The Morgan fingerprint density at radius 1 is 1.00 bits per heavy atom. The van der Waals surface area contributed by atoms with Crippen molar-refractivity contribution in [1.82, 2.24) is 5.43 Å². The minimum absolute atomic E-state index is 0.185. The van der Waals surface area contributed by atoms with E-state index in [-0.39, 0.29) is 18.1 Å². The molecule has 1 heterocycles. The van der Waals surface area contributed by atoms with Crippen molar-refractivity contribution in [1.29, 1.82) is 0 Å². The van der Waals surface area contributed by atoms with E-state index in [0.717, 1.165) is 23.3 Å². The smallest absolute Gasteiger partial charge is 0.343 e. The van der Waals surface area contributed by atoms with Crippen LogP contribution in [0.5, 0.6) is 17.2 Å². The SMILES string of the molecule is CCOC(=O)c1c(NC(=O)C(=O)NN=Cc2ccc(OC(=O)c3ccc(OC)cc3)c(OC)c2)sc2c1CCC(C)C2. The van der Waals surface area contributed by atoms with E-state index in [4.69, 9.17) is 18.9 Å². The van der Waals surface area contributed by atoms with E-state index in [1.807, 2.05) is 0 Å². The zero-order chi connectivity index (χ0) is 30.2. The number of thiophene rings is 1. The molecule has 3 aromatic rings. The first kappa shape index (κ1) is 30.3. The molecule has 1 unspecified atom stereocenters. The van der Waals surface area contributed by atoms with Gasteiger partial charge in [-0.25, -0.2) is 15.0 Å². The average molecular weight is 594 g/mol. The monoisotopic (exact) mass is 593 g/mol. The first-order chi connectivity index (χ1) is 20.2. The highest BCUT2D eigenvalue weighted by Crippen LogP contribution is 2.40. The molecule has 12 heteroatoms. The van der Waals surface area contributed by atoms with Gasteiger partial charge in [0, 0.05) is 4.88 Å². The largest absolute Gasteiger partial charge is 0.497 e. The van der Waals surface area contributed by atoms with E-state index in [0.29, 0.717) is 39.8 Å². The maximum atomic E-state index is 12.7. The van der Waals surface area contributed by atoms with Crippen LogP contribution in [0.2, 0.25) is 0 Å². The van der Waals surface area contributed by atoms with Gasteiger partial charge in [-0.15, -0.1) is 11.3 Å². The summed E-state index contributed by atoms with van der Waals surface area (Å²) in [4.78, 5) is 51.3. The molecule has 0 fully saturated rings. The van der Waals surface area contributed by atoms with Gasteiger partial charge in [-0.1, -0.05) is 6.92 Å². The Kier molecular flexibility index (Phi) is 9.92. The number of nitrogens with zero attached hydrogens (tertiary/aromatic N) is 1. The molecule has 0 bridgehead atoms. The van der Waals surface area contributed by atoms with Crippen LogP contribution in [0.1, 0.15) is 57.0 Å². The summed E-state index contributed by atoms with van der Waals surface area (Å²) in [6.45, 7) is 4.04. The van der Waals surface area contributed by atoms with Crippen LogP contribution in [-0.4, -0.2) is 50.8 Å². The molecule has 1 atom stereocenters. The number of ether oxygens (including phenoxy) is 4. The molecular weight excluding hydrogens is 562 g/mol. The highest BCUT2D eigenvalue weighted by Gasteiger charge is 2.30. The van der Waals surface area contributed by atoms with Crippen molar-refractivity contribution in [2.45, 2.75) is 33.1 Å². The van der Waals surface area contributed by atoms with Gasteiger partial charge in [0.15, 0.2) is 11.5 Å². The number of amides is 2. The normalized spacial score (nSPS) is 14.0. The Balaban J connectivity index is 1.39. The van der Waals surface area contributed by atoms with E-state index < -0.39 is 23.8 Å². The zero-order valence-corrected chi connectivity index (χ0v) is 24.5. The molecule has 11 nitrogen and oxygen atoms in total. The third-order valence-corrected chi connectivity index (χ3v) is 7.69. The van der Waals surface area contributed by atoms with Crippen LogP contribution in [0.15, 0.2) is 47.6 Å². The number of methoxy groups -OCH3 is 2. The number of carbonyl (C=O) groups excluding carboxylic acids is 4. The number of anilines is 1. The van der Waals surface area contributed by atoms with Crippen molar-refractivity contribution in [2.75, 3.05) is 26.1 Å². The summed E-state index contributed by atoms with van der Waals surface area (Å²) in [5.41, 5.74) is 4.20. The predicted molar refractivity (Wildman–Crippen MR) is 157 cm³/mol. The van der Waals surface area contributed by atoms with E-state index in [1.165, 1.54) is 37.8 Å². The Morgan fingerprint density at radius 3 is 2.45 bits per heavy atom. The molecule has 0 aliphatic heterocycles. The molecule has 42 heavy (non-hydrogen) atoms. The van der Waals surface area contributed by atoms with Gasteiger partial charge in [-0.2, -0.15) is 5.10 Å². The summed E-state index contributed by atoms with van der Waals surface area (Å²) in [5.74, 6) is -1.58. The fourth-order valence-corrected chi connectivity index (χ4v) is 5.76. The molecule has 2 aromatic carbocycles. The zero-order valence-electron chi connectivity index (χ0n) is 23.6. The summed E-state index contributed by atoms with van der Waals surface area (Å²) in [6, 6.07) is 11.1. The van der Waals surface area contributed by atoms with Crippen LogP contribution in [-0.2, 0) is 27.2 Å². The van der Waals surface area contributed by atoms with Crippen molar-refractivity contribution in [2.24, 2.45) is 11.0 Å². The Hall–Kier alpha value is -4.71. The van der Waals surface area contributed by atoms with E-state index in [1.54, 1.807) is 43.3 Å². The Bertz CT molecular complexity index is 1510. The minimum Gasteiger partial charge on any atom is -0.497 e. The number of rotatable bonds is 9. The minimum atomic E-state index is -1.02. The Morgan fingerprint density at radius 2 is 1.76 bits per heavy atom. The molecule has 2 amide bonds. The van der Waals surface area contributed by atoms with E-state index in [2.05, 4.69) is 22.8 Å². The summed E-state index contributed by atoms with van der Waals surface area (Å²) < 4.78 is 21.1. The van der Waals surface area contributed by atoms with Crippen LogP contribution in [0, 0.1) is 5.92 Å². The predicted octanol–water partition coefficient (Wildman–Crippen LogP) is 4.37. The van der Waals surface area contributed by atoms with Crippen LogP contribution in [0.4, 0.5) is 5.00 Å². The second-order valence-electron chi connectivity index (χ2n) is 9.46. The number of esters is 2. The van der Waals surface area contributed by atoms with Crippen molar-refractivity contribution in [3.63, 3.8) is 0 Å². The second kappa shape index (κ2) is 13.8. The summed E-state index contributed by atoms with van der Waals surface area (Å²) in [7, 11) is 2.95. The van der Waals surface area contributed by atoms with E-state index >= 15 is 0 Å². The lowest BCUT2D eigenvalue weighted by Crippen LogP contribution is -2.32. The average Bonchev–Trinajstić information content (AvgIpc) is 3.34. The third kappa shape index (κ3) is 7.13. The number of fused-ring (bicyclic) bond motifs is 1. The van der Waals surface area contributed by atoms with Crippen LogP contribution in [0.25, 0.3) is 0 Å². The summed E-state index contributed by atoms with van der Waals surface area (Å²) >= 11 is 1.29. The molecular formula is C30H31N3O8S. The fourth-order valence-electron chi connectivity index (χ4n) is 4.37. The molecule has 0 spiro atoms. The highest BCUT2D eigenvalue weighted by molar-refractivity contribution is 7.17. The van der Waals surface area contributed by atoms with Gasteiger partial charge in [0.25, 0.3) is 0 Å². The molecule has 1 aliphatic carbocycles. The summed E-state index contributed by atoms with van der Waals surface area (Å²) in [5, 5.41) is 6.69. The maximum absolute atomic E-state index is 12.7. The lowest BCUT2D eigenvalue weighted by atomic mass is 9.88. The van der Waals surface area contributed by atoms with Crippen molar-refractivity contribution >= 4 is 46.3 Å². The fraction of sp³-hybridized carbons (Fsp3) is 0.300. The van der Waals surface area contributed by atoms with Gasteiger partial charge in [0.1, 0.15) is 10.8 Å². The number of benzene rings is 2. The first-order valence-electron chi connectivity index (χ1n) is 13.2. The van der Waals surface area contributed by atoms with Gasteiger partial charge >= 0.3 is 23.8 Å². The number of hydrogen-bond donors (Lipinski definition) is 2. The van der Waals surface area contributed by atoms with Gasteiger partial charge in [0.2, 0.25) is 0 Å². The molecule has 0 saturated heterocycles. The highest BCUT2D eigenvalue weighted by atomic mass is 32.1. The molecule has 1 aliphatic rings. The molecule has 1 aromatic heterocycles. The van der Waals surface area contributed by atoms with Gasteiger partial charge in [-0.3, -0.25) is 9.59 Å². The molecule has 0 radical (unpaired) electrons. The number of hydrazone groups is 1. The van der Waals surface area contributed by atoms with Crippen molar-refractivity contribution in [3.05, 3.63) is 69.6 Å². The Labute approximate surface area is 246 Å². The lowest BCUT2D eigenvalue weighted by Gasteiger charge is -2.18. The first-order valence-corrected chi connectivity index (χ1v) is 14.1. The van der Waals surface area contributed by atoms with Crippen molar-refractivity contribution < 1.29 is 38.1 Å². The van der Waals surface area contributed by atoms with Gasteiger partial charge < -0.3 is 24.3 Å². The second-order valence-corrected chi connectivity index (χ2v) is 10.6. The van der Waals surface area contributed by atoms with Crippen LogP contribution < -0.4 is 25.0 Å². The van der Waals surface area contributed by atoms with Gasteiger partial charge in [0.05, 0.1) is 38.2 Å². The van der Waals surface area contributed by atoms with Crippen LogP contribution in [0.3, 0.4) is 0 Å². The van der Waals surface area contributed by atoms with Crippen LogP contribution >= 0.6 is 11.3 Å². The quantitative estimate of drug-likeness (QED) is 0.122. The molecule has 220 valence electrons.